The van der Waals surface area contributed by atoms with Gasteiger partial charge in [0.25, 0.3) is 0 Å². The molecule has 0 bridgehead atoms. The molecule has 0 saturated heterocycles. The lowest BCUT2D eigenvalue weighted by molar-refractivity contribution is -0.870. The highest BCUT2D eigenvalue weighted by atomic mass is 35.5. The van der Waals surface area contributed by atoms with Crippen LogP contribution in [0.4, 0.5) is 0 Å². The third kappa shape index (κ3) is 9.37. The number of carbonyl (C=O) groups excluding carboxylic acids is 1. The number of hydrogen-bond acceptors (Lipinski definition) is 2. The molecule has 0 spiro atoms. The fourth-order valence-corrected chi connectivity index (χ4v) is 0.544. The molecule has 13 heavy (non-hydrogen) atoms. The van der Waals surface area contributed by atoms with Gasteiger partial charge in [-0.05, 0) is 0 Å². The number of ketones is 1. The molecule has 0 rings (SSSR count). The summed E-state index contributed by atoms with van der Waals surface area (Å²) in [7, 11) is 6.21. The van der Waals surface area contributed by atoms with E-state index in [9.17, 15) is 4.79 Å². The number of carbonyl (C=O) groups is 1. The first-order valence-electron chi connectivity index (χ1n) is 3.96. The van der Waals surface area contributed by atoms with Gasteiger partial charge in [0.15, 0.2) is 11.5 Å². The SMILES string of the molecule is C=C(OCC[N+](C)(C)C)C(C)=O.[Cl-]. The standard InChI is InChI=1S/C9H18NO2.ClH/c1-8(11)9(2)12-7-6-10(3,4)5;/h2,6-7H2,1,3-5H3;1H/q+1;/p-1. The predicted molar refractivity (Wildman–Crippen MR) is 48.7 cm³/mol. The van der Waals surface area contributed by atoms with E-state index in [1.54, 1.807) is 0 Å². The zero-order valence-electron chi connectivity index (χ0n) is 8.76. The molecule has 0 heterocycles. The molecule has 0 aliphatic heterocycles. The van der Waals surface area contributed by atoms with Crippen molar-refractivity contribution in [2.24, 2.45) is 0 Å². The van der Waals surface area contributed by atoms with Crippen molar-refractivity contribution >= 4 is 5.78 Å². The van der Waals surface area contributed by atoms with Crippen LogP contribution in [0.3, 0.4) is 0 Å². The fourth-order valence-electron chi connectivity index (χ4n) is 0.544. The topological polar surface area (TPSA) is 26.3 Å². The minimum Gasteiger partial charge on any atom is -1.00 e. The van der Waals surface area contributed by atoms with E-state index in [4.69, 9.17) is 4.74 Å². The maximum Gasteiger partial charge on any atom is 0.193 e. The van der Waals surface area contributed by atoms with Crippen molar-refractivity contribution < 1.29 is 26.4 Å². The Kier molecular flexibility index (Phi) is 6.90. The van der Waals surface area contributed by atoms with Crippen molar-refractivity contribution in [1.29, 1.82) is 0 Å². The summed E-state index contributed by atoms with van der Waals surface area (Å²) in [6.45, 7) is 6.36. The van der Waals surface area contributed by atoms with Gasteiger partial charge in [-0.15, -0.1) is 0 Å². The van der Waals surface area contributed by atoms with Crippen molar-refractivity contribution in [2.45, 2.75) is 6.92 Å². The van der Waals surface area contributed by atoms with Gasteiger partial charge in [-0.1, -0.05) is 6.58 Å². The summed E-state index contributed by atoms with van der Waals surface area (Å²) >= 11 is 0. The second-order valence-electron chi connectivity index (χ2n) is 3.84. The number of rotatable bonds is 5. The number of Topliss-reactive ketones (excluding diaryl/α,β-unsaturated/α-hetero) is 1. The number of halogens is 1. The number of nitrogens with zero attached hydrogens (tertiary/aromatic N) is 1. The van der Waals surface area contributed by atoms with E-state index >= 15 is 0 Å². The van der Waals surface area contributed by atoms with Crippen LogP contribution in [0.5, 0.6) is 0 Å². The van der Waals surface area contributed by atoms with Gasteiger partial charge >= 0.3 is 0 Å². The summed E-state index contributed by atoms with van der Waals surface area (Å²) in [6, 6.07) is 0. The summed E-state index contributed by atoms with van der Waals surface area (Å²) in [5, 5.41) is 0. The van der Waals surface area contributed by atoms with Crippen molar-refractivity contribution in [3.05, 3.63) is 12.3 Å². The Morgan fingerprint density at radius 2 is 1.85 bits per heavy atom. The van der Waals surface area contributed by atoms with E-state index in [1.165, 1.54) is 6.92 Å². The Morgan fingerprint density at radius 3 is 2.15 bits per heavy atom. The minimum absolute atomic E-state index is 0. The van der Waals surface area contributed by atoms with E-state index in [-0.39, 0.29) is 23.9 Å². The molecular formula is C9H18ClNO2. The van der Waals surface area contributed by atoms with Gasteiger partial charge in [-0.2, -0.15) is 0 Å². The van der Waals surface area contributed by atoms with Crippen molar-refractivity contribution in [1.82, 2.24) is 0 Å². The van der Waals surface area contributed by atoms with Crippen LogP contribution in [0.1, 0.15) is 6.92 Å². The molecule has 0 aromatic carbocycles. The zero-order valence-corrected chi connectivity index (χ0v) is 9.52. The third-order valence-electron chi connectivity index (χ3n) is 1.43. The van der Waals surface area contributed by atoms with Gasteiger partial charge in [-0.3, -0.25) is 4.79 Å². The number of quaternary nitrogens is 1. The van der Waals surface area contributed by atoms with Crippen LogP contribution < -0.4 is 12.4 Å². The lowest BCUT2D eigenvalue weighted by atomic mass is 10.4. The molecule has 0 amide bonds. The van der Waals surface area contributed by atoms with Crippen LogP contribution in [0.2, 0.25) is 0 Å². The average Bonchev–Trinajstić information content (AvgIpc) is 1.84. The van der Waals surface area contributed by atoms with Crippen molar-refractivity contribution in [2.75, 3.05) is 34.3 Å². The summed E-state index contributed by atoms with van der Waals surface area (Å²) < 4.78 is 5.94. The van der Waals surface area contributed by atoms with Gasteiger partial charge in [0.1, 0.15) is 13.2 Å². The molecule has 0 aliphatic carbocycles. The second kappa shape index (κ2) is 6.00. The highest BCUT2D eigenvalue weighted by Crippen LogP contribution is 1.96. The molecular weight excluding hydrogens is 190 g/mol. The summed E-state index contributed by atoms with van der Waals surface area (Å²) in [5.41, 5.74) is 0. The summed E-state index contributed by atoms with van der Waals surface area (Å²) in [4.78, 5) is 10.7. The summed E-state index contributed by atoms with van der Waals surface area (Å²) in [5.74, 6) is 0.153. The Morgan fingerprint density at radius 1 is 1.38 bits per heavy atom. The number of allylic oxidation sites excluding steroid dienone is 1. The first-order valence-corrected chi connectivity index (χ1v) is 3.96. The molecule has 0 radical (unpaired) electrons. The lowest BCUT2D eigenvalue weighted by Gasteiger charge is -2.23. The minimum atomic E-state index is -0.101. The summed E-state index contributed by atoms with van der Waals surface area (Å²) in [6.07, 6.45) is 0. The molecule has 0 saturated carbocycles. The van der Waals surface area contributed by atoms with Gasteiger partial charge < -0.3 is 21.6 Å². The molecule has 0 unspecified atom stereocenters. The number of ether oxygens (including phenoxy) is 1. The van der Waals surface area contributed by atoms with Crippen LogP contribution in [0.25, 0.3) is 0 Å². The average molecular weight is 208 g/mol. The van der Waals surface area contributed by atoms with E-state index in [0.717, 1.165) is 11.0 Å². The van der Waals surface area contributed by atoms with E-state index in [2.05, 4.69) is 27.7 Å². The molecule has 3 nitrogen and oxygen atoms in total. The Balaban J connectivity index is 0. The van der Waals surface area contributed by atoms with E-state index < -0.39 is 0 Å². The third-order valence-corrected chi connectivity index (χ3v) is 1.43. The quantitative estimate of drug-likeness (QED) is 0.291. The molecule has 78 valence electrons. The van der Waals surface area contributed by atoms with Crippen molar-refractivity contribution in [3.63, 3.8) is 0 Å². The highest BCUT2D eigenvalue weighted by Gasteiger charge is 2.08. The normalized spacial score (nSPS) is 10.2. The van der Waals surface area contributed by atoms with Gasteiger partial charge in [0.2, 0.25) is 0 Å². The Hall–Kier alpha value is -0.540. The number of hydrogen-bond donors (Lipinski definition) is 0. The molecule has 4 heteroatoms. The van der Waals surface area contributed by atoms with Gasteiger partial charge in [0.05, 0.1) is 21.1 Å². The van der Waals surface area contributed by atoms with Gasteiger partial charge in [-0.25, -0.2) is 0 Å². The maximum atomic E-state index is 10.7. The van der Waals surface area contributed by atoms with Gasteiger partial charge in [0, 0.05) is 6.92 Å². The maximum absolute atomic E-state index is 10.7. The Labute approximate surface area is 86.4 Å². The van der Waals surface area contributed by atoms with E-state index in [0.29, 0.717) is 6.61 Å². The first-order chi connectivity index (χ1) is 5.33. The molecule has 0 fully saturated rings. The van der Waals surface area contributed by atoms with Crippen LogP contribution in [-0.4, -0.2) is 44.6 Å². The fraction of sp³-hybridized carbons (Fsp3) is 0.667. The highest BCUT2D eigenvalue weighted by molar-refractivity contribution is 5.90. The van der Waals surface area contributed by atoms with Crippen LogP contribution >= 0.6 is 0 Å². The largest absolute Gasteiger partial charge is 1.00 e. The number of likely N-dealkylation sites (N-methyl/N-ethyl adjacent to an activating group) is 1. The zero-order chi connectivity index (χ0) is 9.78. The lowest BCUT2D eigenvalue weighted by Crippen LogP contribution is -3.00. The van der Waals surface area contributed by atoms with Crippen molar-refractivity contribution in [3.8, 4) is 0 Å². The molecule has 0 aromatic heterocycles. The Bertz CT molecular complexity index is 185. The smallest absolute Gasteiger partial charge is 0.193 e. The predicted octanol–water partition coefficient (Wildman–Crippen LogP) is -2.18. The van der Waals surface area contributed by atoms with Crippen LogP contribution in [0.15, 0.2) is 12.3 Å². The molecule has 0 atom stereocenters. The monoisotopic (exact) mass is 207 g/mol. The van der Waals surface area contributed by atoms with E-state index in [1.807, 2.05) is 0 Å². The molecule has 0 aromatic rings. The first kappa shape index (κ1) is 15.0. The molecule has 0 N–H and O–H groups in total. The molecule has 0 aliphatic rings. The van der Waals surface area contributed by atoms with Crippen LogP contribution in [0, 0.1) is 0 Å². The van der Waals surface area contributed by atoms with Crippen LogP contribution in [-0.2, 0) is 9.53 Å². The second-order valence-corrected chi connectivity index (χ2v) is 3.84.